The molecule has 0 radical (unpaired) electrons. The largest absolute Gasteiger partial charge is 0.372 e. The predicted octanol–water partition coefficient (Wildman–Crippen LogP) is 3.79. The Balaban J connectivity index is 2.62. The summed E-state index contributed by atoms with van der Waals surface area (Å²) in [6.07, 6.45) is 1.98. The molecule has 0 spiro atoms. The highest BCUT2D eigenvalue weighted by molar-refractivity contribution is 5.06. The molecule has 0 aliphatic carbocycles. The summed E-state index contributed by atoms with van der Waals surface area (Å²) < 4.78 is 30.2. The summed E-state index contributed by atoms with van der Waals surface area (Å²) in [6, 6.07) is 0. The lowest BCUT2D eigenvalue weighted by atomic mass is 9.96. The van der Waals surface area contributed by atoms with Gasteiger partial charge in [0.2, 0.25) is 0 Å². The van der Waals surface area contributed by atoms with Gasteiger partial charge in [-0.15, -0.1) is 0 Å². The first kappa shape index (κ1) is 12.6. The second-order valence-corrected chi connectivity index (χ2v) is 4.37. The molecule has 0 aromatic rings. The summed E-state index contributed by atoms with van der Waals surface area (Å²) in [4.78, 5) is 0. The number of halogens is 2. The molecule has 0 bridgehead atoms. The summed E-state index contributed by atoms with van der Waals surface area (Å²) in [7, 11) is 0. The molecular weight excluding hydrogens is 198 g/mol. The molecule has 0 aromatic heterocycles. The van der Waals surface area contributed by atoms with Crippen molar-refractivity contribution in [2.75, 3.05) is 6.61 Å². The van der Waals surface area contributed by atoms with Gasteiger partial charge in [0, 0.05) is 6.61 Å². The first-order valence-electron chi connectivity index (χ1n) is 5.70. The lowest BCUT2D eigenvalue weighted by Crippen LogP contribution is -2.21. The fraction of sp³-hybridized carbons (Fsp3) is 0.833. The van der Waals surface area contributed by atoms with Gasteiger partial charge in [0.15, 0.2) is 0 Å². The van der Waals surface area contributed by atoms with Gasteiger partial charge in [-0.25, -0.2) is 8.78 Å². The van der Waals surface area contributed by atoms with Crippen molar-refractivity contribution in [1.29, 1.82) is 0 Å². The summed E-state index contributed by atoms with van der Waals surface area (Å²) in [5.74, 6) is 0.460. The number of alkyl halides is 2. The fourth-order valence-electron chi connectivity index (χ4n) is 1.80. The lowest BCUT2D eigenvalue weighted by Gasteiger charge is -2.14. The molecule has 0 fully saturated rings. The van der Waals surface area contributed by atoms with Crippen LogP contribution in [0.2, 0.25) is 0 Å². The van der Waals surface area contributed by atoms with Crippen molar-refractivity contribution in [2.24, 2.45) is 5.92 Å². The molecule has 0 saturated carbocycles. The molecule has 0 amide bonds. The zero-order chi connectivity index (χ0) is 11.3. The molecule has 0 saturated heterocycles. The smallest absolute Gasteiger partial charge is 0.264 e. The predicted molar refractivity (Wildman–Crippen MR) is 57.1 cm³/mol. The number of hydrogen-bond donors (Lipinski definition) is 0. The Hall–Kier alpha value is -0.440. The highest BCUT2D eigenvalue weighted by Gasteiger charge is 2.21. The number of rotatable bonds is 2. The fourth-order valence-corrected chi connectivity index (χ4v) is 1.80. The lowest BCUT2D eigenvalue weighted by molar-refractivity contribution is -0.0538. The maximum atomic E-state index is 12.5. The second kappa shape index (κ2) is 6.21. The van der Waals surface area contributed by atoms with Crippen LogP contribution in [-0.2, 0) is 4.74 Å². The minimum absolute atomic E-state index is 0.352. The first-order chi connectivity index (χ1) is 7.11. The van der Waals surface area contributed by atoms with E-state index in [1.54, 1.807) is 0 Å². The van der Waals surface area contributed by atoms with Gasteiger partial charge in [0.05, 0.1) is 0 Å². The molecule has 3 heteroatoms. The Labute approximate surface area is 90.5 Å². The van der Waals surface area contributed by atoms with Crippen LogP contribution in [0.4, 0.5) is 8.78 Å². The molecule has 15 heavy (non-hydrogen) atoms. The molecule has 1 nitrogen and oxygen atoms in total. The molecule has 1 rings (SSSR count). The van der Waals surface area contributed by atoms with Crippen LogP contribution in [0, 0.1) is 5.92 Å². The van der Waals surface area contributed by atoms with Gasteiger partial charge in [-0.2, -0.15) is 0 Å². The number of ether oxygens (including phenoxy) is 1. The standard InChI is InChI=1S/C12H20F2O/c1-9(2)10-5-3-4-8-15-11(7-6-10)12(13)14/h6,9,11-12H,3-5,7-8H2,1-2H3/b10-6-/t11-/m1/s1. The van der Waals surface area contributed by atoms with Crippen LogP contribution < -0.4 is 0 Å². The Morgan fingerprint density at radius 2 is 2.07 bits per heavy atom. The van der Waals surface area contributed by atoms with Crippen molar-refractivity contribution in [3.8, 4) is 0 Å². The van der Waals surface area contributed by atoms with E-state index in [1.807, 2.05) is 6.08 Å². The normalized spacial score (nSPS) is 28.1. The van der Waals surface area contributed by atoms with Gasteiger partial charge >= 0.3 is 0 Å². The van der Waals surface area contributed by atoms with E-state index < -0.39 is 12.5 Å². The third-order valence-electron chi connectivity index (χ3n) is 2.83. The molecule has 1 aliphatic heterocycles. The average Bonchev–Trinajstić information content (AvgIpc) is 2.27. The SMILES string of the molecule is CC(C)/C1=C\C[C@H](C(F)F)OCCCC1. The maximum Gasteiger partial charge on any atom is 0.264 e. The van der Waals surface area contributed by atoms with Crippen molar-refractivity contribution in [3.05, 3.63) is 11.6 Å². The van der Waals surface area contributed by atoms with Crippen LogP contribution >= 0.6 is 0 Å². The quantitative estimate of drug-likeness (QED) is 0.641. The topological polar surface area (TPSA) is 9.23 Å². The summed E-state index contributed by atoms with van der Waals surface area (Å²) >= 11 is 0. The van der Waals surface area contributed by atoms with Crippen LogP contribution in [-0.4, -0.2) is 19.1 Å². The Morgan fingerprint density at radius 3 is 2.67 bits per heavy atom. The van der Waals surface area contributed by atoms with Crippen molar-refractivity contribution in [2.45, 2.75) is 52.1 Å². The van der Waals surface area contributed by atoms with Gasteiger partial charge in [0.25, 0.3) is 6.43 Å². The summed E-state index contributed by atoms with van der Waals surface area (Å²) in [5.41, 5.74) is 1.30. The molecule has 0 unspecified atom stereocenters. The number of hydrogen-bond acceptors (Lipinski definition) is 1. The second-order valence-electron chi connectivity index (χ2n) is 4.37. The van der Waals surface area contributed by atoms with Crippen LogP contribution in [0.1, 0.15) is 39.5 Å². The molecule has 1 atom stereocenters. The number of allylic oxidation sites excluding steroid dienone is 1. The van der Waals surface area contributed by atoms with E-state index in [4.69, 9.17) is 4.74 Å². The van der Waals surface area contributed by atoms with Crippen LogP contribution in [0.15, 0.2) is 11.6 Å². The van der Waals surface area contributed by atoms with E-state index in [2.05, 4.69) is 13.8 Å². The van der Waals surface area contributed by atoms with E-state index in [0.717, 1.165) is 19.3 Å². The minimum atomic E-state index is -2.37. The van der Waals surface area contributed by atoms with Gasteiger partial charge in [0.1, 0.15) is 6.10 Å². The Morgan fingerprint density at radius 1 is 1.33 bits per heavy atom. The van der Waals surface area contributed by atoms with E-state index in [1.165, 1.54) is 5.57 Å². The highest BCUT2D eigenvalue weighted by atomic mass is 19.3. The highest BCUT2D eigenvalue weighted by Crippen LogP contribution is 2.22. The van der Waals surface area contributed by atoms with Gasteiger partial charge in [-0.05, 0) is 31.6 Å². The zero-order valence-corrected chi connectivity index (χ0v) is 9.51. The van der Waals surface area contributed by atoms with Crippen LogP contribution in [0.3, 0.4) is 0 Å². The molecule has 88 valence electrons. The van der Waals surface area contributed by atoms with Crippen molar-refractivity contribution >= 4 is 0 Å². The van der Waals surface area contributed by atoms with Gasteiger partial charge in [-0.1, -0.05) is 25.5 Å². The average molecular weight is 218 g/mol. The van der Waals surface area contributed by atoms with E-state index in [9.17, 15) is 8.78 Å². The Kier molecular flexibility index (Phi) is 5.23. The van der Waals surface area contributed by atoms with Crippen LogP contribution in [0.5, 0.6) is 0 Å². The molecular formula is C12H20F2O. The molecule has 1 heterocycles. The maximum absolute atomic E-state index is 12.5. The van der Waals surface area contributed by atoms with Crippen molar-refractivity contribution in [3.63, 3.8) is 0 Å². The summed E-state index contributed by atoms with van der Waals surface area (Å²) in [6.45, 7) is 4.69. The van der Waals surface area contributed by atoms with E-state index in [-0.39, 0.29) is 0 Å². The molecule has 0 aromatic carbocycles. The van der Waals surface area contributed by atoms with Crippen molar-refractivity contribution in [1.82, 2.24) is 0 Å². The third kappa shape index (κ3) is 4.29. The zero-order valence-electron chi connectivity index (χ0n) is 9.51. The monoisotopic (exact) mass is 218 g/mol. The Bertz CT molecular complexity index is 212. The molecule has 0 N–H and O–H groups in total. The van der Waals surface area contributed by atoms with Crippen LogP contribution in [0.25, 0.3) is 0 Å². The van der Waals surface area contributed by atoms with E-state index in [0.29, 0.717) is 18.9 Å². The third-order valence-corrected chi connectivity index (χ3v) is 2.83. The minimum Gasteiger partial charge on any atom is -0.372 e. The van der Waals surface area contributed by atoms with Gasteiger partial charge < -0.3 is 4.74 Å². The molecule has 1 aliphatic rings. The summed E-state index contributed by atoms with van der Waals surface area (Å²) in [5, 5.41) is 0. The first-order valence-corrected chi connectivity index (χ1v) is 5.70. The van der Waals surface area contributed by atoms with Crippen molar-refractivity contribution < 1.29 is 13.5 Å². The van der Waals surface area contributed by atoms with Gasteiger partial charge in [-0.3, -0.25) is 0 Å². The van der Waals surface area contributed by atoms with E-state index >= 15 is 0 Å².